The molecule has 2 aliphatic rings. The van der Waals surface area contributed by atoms with Crippen molar-refractivity contribution in [2.24, 2.45) is 5.92 Å². The Hall–Kier alpha value is -1.55. The average Bonchev–Trinajstić information content (AvgIpc) is 2.55. The van der Waals surface area contributed by atoms with Gasteiger partial charge in [-0.3, -0.25) is 4.79 Å². The molecule has 2 heterocycles. The van der Waals surface area contributed by atoms with Gasteiger partial charge in [-0.25, -0.2) is 0 Å². The molecule has 1 fully saturated rings. The fourth-order valence-corrected chi connectivity index (χ4v) is 3.40. The summed E-state index contributed by atoms with van der Waals surface area (Å²) in [6.45, 7) is 2.55. The van der Waals surface area contributed by atoms with Gasteiger partial charge in [0.15, 0.2) is 0 Å². The summed E-state index contributed by atoms with van der Waals surface area (Å²) in [5.41, 5.74) is 2.44. The number of ether oxygens (including phenoxy) is 1. The summed E-state index contributed by atoms with van der Waals surface area (Å²) in [6.07, 6.45) is 4.00. The molecule has 0 aromatic heterocycles. The van der Waals surface area contributed by atoms with Crippen LogP contribution in [0.1, 0.15) is 24.8 Å². The van der Waals surface area contributed by atoms with Gasteiger partial charge in [0.1, 0.15) is 6.04 Å². The van der Waals surface area contributed by atoms with Gasteiger partial charge >= 0.3 is 0 Å². The molecule has 1 N–H and O–H groups in total. The third-order valence-electron chi connectivity index (χ3n) is 4.68. The van der Waals surface area contributed by atoms with Crippen molar-refractivity contribution in [1.29, 1.82) is 0 Å². The molecule has 0 aliphatic carbocycles. The first kappa shape index (κ1) is 14.4. The van der Waals surface area contributed by atoms with Crippen molar-refractivity contribution >= 4 is 11.6 Å². The van der Waals surface area contributed by atoms with E-state index in [4.69, 9.17) is 4.74 Å². The van der Waals surface area contributed by atoms with Crippen molar-refractivity contribution in [1.82, 2.24) is 4.90 Å². The van der Waals surface area contributed by atoms with Crippen molar-refractivity contribution in [2.75, 3.05) is 32.1 Å². The molecular formula is C17H24N2O2. The number of piperidine rings is 1. The lowest BCUT2D eigenvalue weighted by molar-refractivity contribution is -0.133. The van der Waals surface area contributed by atoms with E-state index in [2.05, 4.69) is 23.5 Å². The van der Waals surface area contributed by atoms with E-state index in [1.54, 1.807) is 7.11 Å². The van der Waals surface area contributed by atoms with E-state index < -0.39 is 0 Å². The van der Waals surface area contributed by atoms with Gasteiger partial charge in [-0.2, -0.15) is 0 Å². The van der Waals surface area contributed by atoms with Gasteiger partial charge in [0.05, 0.1) is 0 Å². The maximum Gasteiger partial charge on any atom is 0.245 e. The summed E-state index contributed by atoms with van der Waals surface area (Å²) in [7, 11) is 1.75. The lowest BCUT2D eigenvalue weighted by atomic mass is 9.94. The van der Waals surface area contributed by atoms with Crippen molar-refractivity contribution < 1.29 is 9.53 Å². The number of carbonyl (C=O) groups excluding carboxylic acids is 1. The highest BCUT2D eigenvalue weighted by atomic mass is 16.5. The van der Waals surface area contributed by atoms with E-state index in [9.17, 15) is 4.79 Å². The largest absolute Gasteiger partial charge is 0.384 e. The number of aryl methyl sites for hydroxylation is 1. The van der Waals surface area contributed by atoms with E-state index >= 15 is 0 Å². The van der Waals surface area contributed by atoms with Crippen LogP contribution < -0.4 is 5.32 Å². The minimum atomic E-state index is -0.0566. The lowest BCUT2D eigenvalue weighted by Gasteiger charge is -2.36. The van der Waals surface area contributed by atoms with Gasteiger partial charge in [-0.05, 0) is 43.2 Å². The first-order valence-corrected chi connectivity index (χ1v) is 7.90. The molecule has 4 heteroatoms. The summed E-state index contributed by atoms with van der Waals surface area (Å²) in [6, 6.07) is 8.23. The summed E-state index contributed by atoms with van der Waals surface area (Å²) >= 11 is 0. The monoisotopic (exact) mass is 288 g/mol. The molecule has 1 atom stereocenters. The van der Waals surface area contributed by atoms with Crippen LogP contribution in [0.5, 0.6) is 0 Å². The zero-order chi connectivity index (χ0) is 14.7. The van der Waals surface area contributed by atoms with Gasteiger partial charge in [-0.1, -0.05) is 18.2 Å². The Morgan fingerprint density at radius 1 is 1.29 bits per heavy atom. The summed E-state index contributed by atoms with van der Waals surface area (Å²) in [5.74, 6) is 0.875. The molecule has 1 amide bonds. The molecule has 1 aromatic rings. The second-order valence-corrected chi connectivity index (χ2v) is 6.12. The molecule has 1 saturated heterocycles. The number of amides is 1. The number of anilines is 1. The fourth-order valence-electron chi connectivity index (χ4n) is 3.40. The lowest BCUT2D eigenvalue weighted by Crippen LogP contribution is -2.48. The molecule has 4 nitrogen and oxygen atoms in total. The number of likely N-dealkylation sites (tertiary alicyclic amines) is 1. The molecular weight excluding hydrogens is 264 g/mol. The Kier molecular flexibility index (Phi) is 4.44. The van der Waals surface area contributed by atoms with Crippen LogP contribution in [0.3, 0.4) is 0 Å². The first-order chi connectivity index (χ1) is 10.3. The Labute approximate surface area is 126 Å². The van der Waals surface area contributed by atoms with Crippen LogP contribution in [0.25, 0.3) is 0 Å². The number of nitrogens with one attached hydrogen (secondary N) is 1. The summed E-state index contributed by atoms with van der Waals surface area (Å²) in [4.78, 5) is 14.7. The molecule has 114 valence electrons. The molecule has 1 aromatic carbocycles. The minimum Gasteiger partial charge on any atom is -0.384 e. The number of carbonyl (C=O) groups is 1. The molecule has 3 rings (SSSR count). The highest BCUT2D eigenvalue weighted by molar-refractivity contribution is 5.85. The number of fused-ring (bicyclic) bond motifs is 1. The molecule has 0 spiro atoms. The molecule has 21 heavy (non-hydrogen) atoms. The van der Waals surface area contributed by atoms with Crippen LogP contribution in [0.2, 0.25) is 0 Å². The highest BCUT2D eigenvalue weighted by Crippen LogP contribution is 2.26. The van der Waals surface area contributed by atoms with Crippen molar-refractivity contribution in [3.05, 3.63) is 29.8 Å². The van der Waals surface area contributed by atoms with E-state index in [1.807, 2.05) is 11.0 Å². The standard InChI is InChI=1S/C17H24N2O2/c1-21-12-13-8-10-19(11-9-13)17(20)16-7-6-14-4-2-3-5-15(14)18-16/h2-5,13,16,18H,6-12H2,1H3. The average molecular weight is 288 g/mol. The highest BCUT2D eigenvalue weighted by Gasteiger charge is 2.30. The topological polar surface area (TPSA) is 41.6 Å². The quantitative estimate of drug-likeness (QED) is 0.928. The molecule has 0 bridgehead atoms. The SMILES string of the molecule is COCC1CCN(C(=O)C2CCc3ccccc3N2)CC1. The van der Waals surface area contributed by atoms with Crippen LogP contribution in [-0.2, 0) is 16.0 Å². The number of nitrogens with zero attached hydrogens (tertiary/aromatic N) is 1. The van der Waals surface area contributed by atoms with E-state index in [-0.39, 0.29) is 11.9 Å². The second-order valence-electron chi connectivity index (χ2n) is 6.12. The predicted octanol–water partition coefficient (Wildman–Crippen LogP) is 2.30. The maximum atomic E-state index is 12.7. The van der Waals surface area contributed by atoms with E-state index in [1.165, 1.54) is 5.56 Å². The zero-order valence-electron chi connectivity index (χ0n) is 12.7. The number of hydrogen-bond donors (Lipinski definition) is 1. The van der Waals surface area contributed by atoms with Gasteiger partial charge in [-0.15, -0.1) is 0 Å². The number of methoxy groups -OCH3 is 1. The Bertz CT molecular complexity index is 495. The normalized spacial score (nSPS) is 22.5. The number of hydrogen-bond acceptors (Lipinski definition) is 3. The smallest absolute Gasteiger partial charge is 0.245 e. The van der Waals surface area contributed by atoms with Gasteiger partial charge in [0.2, 0.25) is 5.91 Å². The molecule has 1 unspecified atom stereocenters. The van der Waals surface area contributed by atoms with Crippen molar-refractivity contribution in [2.45, 2.75) is 31.7 Å². The third kappa shape index (κ3) is 3.21. The predicted molar refractivity (Wildman–Crippen MR) is 83.4 cm³/mol. The zero-order valence-corrected chi connectivity index (χ0v) is 12.7. The summed E-state index contributed by atoms with van der Waals surface area (Å²) < 4.78 is 5.22. The van der Waals surface area contributed by atoms with Gasteiger partial charge < -0.3 is 15.0 Å². The van der Waals surface area contributed by atoms with Crippen LogP contribution in [0.15, 0.2) is 24.3 Å². The Morgan fingerprint density at radius 3 is 2.81 bits per heavy atom. The number of benzene rings is 1. The van der Waals surface area contributed by atoms with Crippen molar-refractivity contribution in [3.63, 3.8) is 0 Å². The molecule has 0 saturated carbocycles. The van der Waals surface area contributed by atoms with Crippen LogP contribution in [0.4, 0.5) is 5.69 Å². The first-order valence-electron chi connectivity index (χ1n) is 7.90. The number of para-hydroxylation sites is 1. The Balaban J connectivity index is 1.57. The van der Waals surface area contributed by atoms with Crippen molar-refractivity contribution in [3.8, 4) is 0 Å². The maximum absolute atomic E-state index is 12.7. The molecule has 2 aliphatic heterocycles. The summed E-state index contributed by atoms with van der Waals surface area (Å²) in [5, 5.41) is 3.41. The second kappa shape index (κ2) is 6.48. The van der Waals surface area contributed by atoms with E-state index in [0.717, 1.165) is 51.1 Å². The minimum absolute atomic E-state index is 0.0566. The van der Waals surface area contributed by atoms with Crippen LogP contribution in [-0.4, -0.2) is 43.7 Å². The third-order valence-corrected chi connectivity index (χ3v) is 4.68. The van der Waals surface area contributed by atoms with Crippen LogP contribution >= 0.6 is 0 Å². The number of rotatable bonds is 3. The van der Waals surface area contributed by atoms with E-state index in [0.29, 0.717) is 5.92 Å². The van der Waals surface area contributed by atoms with Crippen LogP contribution in [0, 0.1) is 5.92 Å². The van der Waals surface area contributed by atoms with Gasteiger partial charge in [0, 0.05) is 32.5 Å². The Morgan fingerprint density at radius 2 is 2.05 bits per heavy atom. The van der Waals surface area contributed by atoms with Gasteiger partial charge in [0.25, 0.3) is 0 Å². The fraction of sp³-hybridized carbons (Fsp3) is 0.588. The molecule has 0 radical (unpaired) electrons.